The van der Waals surface area contributed by atoms with Crippen LogP contribution in [0.3, 0.4) is 0 Å². The molecule has 348 valence electrons. The van der Waals surface area contributed by atoms with Crippen molar-refractivity contribution in [3.8, 4) is 0 Å². The number of carboxylic acid groups (broad SMARTS) is 1. The van der Waals surface area contributed by atoms with Gasteiger partial charge in [-0.15, -0.1) is 0 Å². The maximum absolute atomic E-state index is 12.8. The van der Waals surface area contributed by atoms with Crippen molar-refractivity contribution in [2.45, 2.75) is 225 Å². The van der Waals surface area contributed by atoms with Crippen LogP contribution in [0, 0.1) is 0 Å². The molecular formula is C52H93NO7. The Balaban J connectivity index is 4.29. The molecule has 2 unspecified atom stereocenters. The average molecular weight is 844 g/mol. The zero-order valence-electron chi connectivity index (χ0n) is 39.6. The monoisotopic (exact) mass is 844 g/mol. The first kappa shape index (κ1) is 57.3. The number of nitrogens with zero attached hydrogens (tertiary/aromatic N) is 1. The maximum atomic E-state index is 12.8. The molecule has 0 fully saturated rings. The van der Waals surface area contributed by atoms with Gasteiger partial charge in [0.1, 0.15) is 12.6 Å². The molecule has 0 spiro atoms. The van der Waals surface area contributed by atoms with E-state index in [-0.39, 0.29) is 42.7 Å². The topological polar surface area (TPSA) is 102 Å². The molecular weight excluding hydrogens is 751 g/mol. The van der Waals surface area contributed by atoms with Gasteiger partial charge >= 0.3 is 11.9 Å². The van der Waals surface area contributed by atoms with Gasteiger partial charge in [-0.05, 0) is 70.6 Å². The third-order valence-electron chi connectivity index (χ3n) is 11.0. The normalized spacial score (nSPS) is 13.3. The summed E-state index contributed by atoms with van der Waals surface area (Å²) in [6, 6.07) is -0.728. The Morgan fingerprint density at radius 1 is 0.517 bits per heavy atom. The number of hydrogen-bond donors (Lipinski definition) is 0. The van der Waals surface area contributed by atoms with E-state index in [2.05, 4.69) is 62.5 Å². The molecule has 0 bridgehead atoms. The number of likely N-dealkylation sites (N-methyl/N-ethyl adjacent to an activating group) is 1. The van der Waals surface area contributed by atoms with E-state index in [1.54, 1.807) is 21.1 Å². The molecule has 0 amide bonds. The van der Waals surface area contributed by atoms with Crippen LogP contribution in [-0.2, 0) is 28.6 Å². The fourth-order valence-corrected chi connectivity index (χ4v) is 7.09. The molecule has 8 nitrogen and oxygen atoms in total. The molecule has 2 atom stereocenters. The Morgan fingerprint density at radius 3 is 1.38 bits per heavy atom. The van der Waals surface area contributed by atoms with E-state index in [1.807, 2.05) is 0 Å². The van der Waals surface area contributed by atoms with Gasteiger partial charge in [-0.3, -0.25) is 9.59 Å². The van der Waals surface area contributed by atoms with Gasteiger partial charge in [0.05, 0.1) is 40.3 Å². The Kier molecular flexibility index (Phi) is 41.0. The molecule has 0 aromatic heterocycles. The smallest absolute Gasteiger partial charge is 0.306 e. The van der Waals surface area contributed by atoms with Gasteiger partial charge in [0.15, 0.2) is 6.10 Å². The summed E-state index contributed by atoms with van der Waals surface area (Å²) in [7, 11) is 5.41. The van der Waals surface area contributed by atoms with E-state index in [0.29, 0.717) is 12.8 Å². The van der Waals surface area contributed by atoms with Crippen LogP contribution in [0.5, 0.6) is 0 Å². The van der Waals surface area contributed by atoms with Gasteiger partial charge in [0, 0.05) is 19.3 Å². The number of carboxylic acids is 1. The van der Waals surface area contributed by atoms with Crippen molar-refractivity contribution >= 4 is 17.9 Å². The number of carbonyl (C=O) groups excluding carboxylic acids is 3. The van der Waals surface area contributed by atoms with Crippen LogP contribution >= 0.6 is 0 Å². The molecule has 0 N–H and O–H groups in total. The van der Waals surface area contributed by atoms with E-state index in [0.717, 1.165) is 51.4 Å². The lowest BCUT2D eigenvalue weighted by Crippen LogP contribution is -2.55. The number of quaternary nitrogens is 1. The number of unbranched alkanes of at least 4 members (excludes halogenated alkanes) is 23. The van der Waals surface area contributed by atoms with Gasteiger partial charge < -0.3 is 28.6 Å². The van der Waals surface area contributed by atoms with Crippen molar-refractivity contribution in [2.75, 3.05) is 41.0 Å². The van der Waals surface area contributed by atoms with E-state index in [4.69, 9.17) is 14.2 Å². The minimum absolute atomic E-state index is 0.0368. The Morgan fingerprint density at radius 2 is 0.933 bits per heavy atom. The number of aliphatic carboxylic acids is 1. The van der Waals surface area contributed by atoms with Gasteiger partial charge in [-0.25, -0.2) is 0 Å². The largest absolute Gasteiger partial charge is 0.544 e. The third kappa shape index (κ3) is 40.7. The second-order valence-electron chi connectivity index (χ2n) is 17.7. The summed E-state index contributed by atoms with van der Waals surface area (Å²) < 4.78 is 17.2. The number of allylic oxidation sites excluding steroid dienone is 8. The second kappa shape index (κ2) is 43.0. The predicted molar refractivity (Wildman–Crippen MR) is 250 cm³/mol. The number of carbonyl (C=O) groups is 3. The van der Waals surface area contributed by atoms with Crippen molar-refractivity contribution in [1.82, 2.24) is 0 Å². The first-order valence-corrected chi connectivity index (χ1v) is 24.7. The minimum Gasteiger partial charge on any atom is -0.544 e. The molecule has 0 rings (SSSR count). The van der Waals surface area contributed by atoms with Crippen LogP contribution in [-0.4, -0.2) is 75.5 Å². The second-order valence-corrected chi connectivity index (χ2v) is 17.7. The van der Waals surface area contributed by atoms with Crippen molar-refractivity contribution < 1.29 is 38.2 Å². The standard InChI is InChI=1S/C52H93NO7/c1-6-8-10-12-14-16-18-20-22-24-25-27-29-31-33-35-37-39-41-43-51(55)60-48(46-58-45-44-49(52(56)57)53(3,4)5)47-59-50(54)42-40-38-36-34-32-30-28-26-23-21-19-17-15-13-11-9-7-2/h14-18,20-21,23,48-49H,6-13,19,22,24-47H2,1-5H3/b16-14+,17-15+,20-18+,23-21+. The summed E-state index contributed by atoms with van der Waals surface area (Å²) in [6.07, 6.45) is 51.3. The SMILES string of the molecule is CCCCC/C=C/C=C/CCCCCCCCCCCCC(=O)OC(COCCC(C(=O)[O-])[N+](C)(C)C)COC(=O)CCCCCCCCC/C=C/C/C=C/CCCCC. The molecule has 0 radical (unpaired) electrons. The van der Waals surface area contributed by atoms with Crippen molar-refractivity contribution in [3.63, 3.8) is 0 Å². The van der Waals surface area contributed by atoms with Crippen LogP contribution in [0.2, 0.25) is 0 Å². The summed E-state index contributed by atoms with van der Waals surface area (Å²) in [4.78, 5) is 37.0. The van der Waals surface area contributed by atoms with E-state index < -0.39 is 18.1 Å². The lowest BCUT2D eigenvalue weighted by atomic mass is 10.1. The van der Waals surface area contributed by atoms with Crippen LogP contribution < -0.4 is 5.11 Å². The maximum Gasteiger partial charge on any atom is 0.306 e. The molecule has 0 saturated carbocycles. The summed E-state index contributed by atoms with van der Waals surface area (Å²) in [5, 5.41) is 11.7. The lowest BCUT2D eigenvalue weighted by molar-refractivity contribution is -0.889. The zero-order valence-corrected chi connectivity index (χ0v) is 39.6. The molecule has 0 aliphatic heterocycles. The summed E-state index contributed by atoms with van der Waals surface area (Å²) in [5.74, 6) is -1.74. The van der Waals surface area contributed by atoms with Gasteiger partial charge in [0.2, 0.25) is 0 Å². The highest BCUT2D eigenvalue weighted by Crippen LogP contribution is 2.15. The molecule has 0 aliphatic rings. The fourth-order valence-electron chi connectivity index (χ4n) is 7.09. The number of esters is 2. The quantitative estimate of drug-likeness (QED) is 0.0198. The molecule has 0 aliphatic carbocycles. The minimum atomic E-state index is -1.13. The number of rotatable bonds is 44. The van der Waals surface area contributed by atoms with E-state index in [9.17, 15) is 19.5 Å². The highest BCUT2D eigenvalue weighted by atomic mass is 16.6. The Hall–Kier alpha value is -2.71. The number of hydrogen-bond acceptors (Lipinski definition) is 7. The summed E-state index contributed by atoms with van der Waals surface area (Å²) >= 11 is 0. The Bertz CT molecular complexity index is 1120. The summed E-state index contributed by atoms with van der Waals surface area (Å²) in [5.41, 5.74) is 0. The van der Waals surface area contributed by atoms with Crippen LogP contribution in [0.4, 0.5) is 0 Å². The molecule has 0 aromatic carbocycles. The molecule has 0 aromatic rings. The van der Waals surface area contributed by atoms with Crippen molar-refractivity contribution in [1.29, 1.82) is 0 Å². The highest BCUT2D eigenvalue weighted by Gasteiger charge is 2.25. The molecule has 8 heteroatoms. The fraction of sp³-hybridized carbons (Fsp3) is 0.788. The molecule has 0 heterocycles. The lowest BCUT2D eigenvalue weighted by Gasteiger charge is -2.34. The van der Waals surface area contributed by atoms with Crippen LogP contribution in [0.1, 0.15) is 213 Å². The average Bonchev–Trinajstić information content (AvgIpc) is 3.21. The number of ether oxygens (including phenoxy) is 3. The predicted octanol–water partition coefficient (Wildman–Crippen LogP) is 12.6. The van der Waals surface area contributed by atoms with Gasteiger partial charge in [-0.1, -0.05) is 172 Å². The van der Waals surface area contributed by atoms with Crippen molar-refractivity contribution in [3.05, 3.63) is 48.6 Å². The molecule has 60 heavy (non-hydrogen) atoms. The third-order valence-corrected chi connectivity index (χ3v) is 11.0. The Labute approximate surface area is 369 Å². The first-order valence-electron chi connectivity index (χ1n) is 24.7. The zero-order chi connectivity index (χ0) is 44.2. The van der Waals surface area contributed by atoms with E-state index in [1.165, 1.54) is 128 Å². The summed E-state index contributed by atoms with van der Waals surface area (Å²) in [6.45, 7) is 4.61. The van der Waals surface area contributed by atoms with Gasteiger partial charge in [-0.2, -0.15) is 0 Å². The van der Waals surface area contributed by atoms with E-state index >= 15 is 0 Å². The first-order chi connectivity index (χ1) is 29.1. The highest BCUT2D eigenvalue weighted by molar-refractivity contribution is 5.70. The van der Waals surface area contributed by atoms with Gasteiger partial charge in [0.25, 0.3) is 0 Å². The molecule has 0 saturated heterocycles. The van der Waals surface area contributed by atoms with Crippen LogP contribution in [0.15, 0.2) is 48.6 Å². The van der Waals surface area contributed by atoms with Crippen molar-refractivity contribution in [2.24, 2.45) is 0 Å². The van der Waals surface area contributed by atoms with Crippen LogP contribution in [0.25, 0.3) is 0 Å².